The Kier molecular flexibility index (Phi) is 5.27. The second kappa shape index (κ2) is 7.17. The summed E-state index contributed by atoms with van der Waals surface area (Å²) in [6, 6.07) is 14.5. The van der Waals surface area contributed by atoms with Crippen molar-refractivity contribution in [3.05, 3.63) is 69.7 Å². The van der Waals surface area contributed by atoms with Crippen LogP contribution in [0.5, 0.6) is 0 Å². The van der Waals surface area contributed by atoms with Gasteiger partial charge in [0.2, 0.25) is 0 Å². The summed E-state index contributed by atoms with van der Waals surface area (Å²) >= 11 is 11.8. The monoisotopic (exact) mass is 308 g/mol. The highest BCUT2D eigenvalue weighted by Gasteiger charge is 2.03. The molecule has 0 saturated heterocycles. The van der Waals surface area contributed by atoms with E-state index in [1.54, 1.807) is 18.2 Å². The van der Waals surface area contributed by atoms with Gasteiger partial charge in [-0.05, 0) is 29.3 Å². The van der Waals surface area contributed by atoms with Gasteiger partial charge in [-0.1, -0.05) is 53.5 Å². The van der Waals surface area contributed by atoms with Crippen molar-refractivity contribution < 1.29 is 4.79 Å². The van der Waals surface area contributed by atoms with Gasteiger partial charge >= 0.3 is 6.03 Å². The van der Waals surface area contributed by atoms with Gasteiger partial charge in [0, 0.05) is 23.1 Å². The Bertz CT molecular complexity index is 585. The predicted octanol–water partition coefficient (Wildman–Crippen LogP) is 3.99. The van der Waals surface area contributed by atoms with Crippen LogP contribution in [0, 0.1) is 0 Å². The topological polar surface area (TPSA) is 41.1 Å². The molecule has 20 heavy (non-hydrogen) atoms. The summed E-state index contributed by atoms with van der Waals surface area (Å²) < 4.78 is 0. The van der Waals surface area contributed by atoms with E-state index < -0.39 is 0 Å². The quantitative estimate of drug-likeness (QED) is 0.881. The average molecular weight is 309 g/mol. The van der Waals surface area contributed by atoms with Crippen LogP contribution in [0.3, 0.4) is 0 Å². The zero-order valence-corrected chi connectivity index (χ0v) is 12.2. The predicted molar refractivity (Wildman–Crippen MR) is 82.0 cm³/mol. The minimum absolute atomic E-state index is 0.236. The Morgan fingerprint density at radius 2 is 1.55 bits per heavy atom. The zero-order chi connectivity index (χ0) is 14.4. The van der Waals surface area contributed by atoms with Gasteiger partial charge in [0.1, 0.15) is 0 Å². The number of carbonyl (C=O) groups excluding carboxylic acids is 1. The third-order valence-electron chi connectivity index (χ3n) is 2.76. The van der Waals surface area contributed by atoms with Crippen molar-refractivity contribution in [1.29, 1.82) is 0 Å². The minimum atomic E-state index is -0.236. The standard InChI is InChI=1S/C15H14Cl2N2O/c16-13-7-5-11(6-8-13)9-18-15(20)19-10-12-3-1-2-4-14(12)17/h1-8H,9-10H2,(H2,18,19,20). The molecule has 2 rings (SSSR count). The van der Waals surface area contributed by atoms with E-state index in [1.165, 1.54) is 0 Å². The van der Waals surface area contributed by atoms with Crippen LogP contribution in [0.1, 0.15) is 11.1 Å². The summed E-state index contributed by atoms with van der Waals surface area (Å²) in [7, 11) is 0. The second-order valence-electron chi connectivity index (χ2n) is 4.25. The van der Waals surface area contributed by atoms with Crippen LogP contribution in [-0.4, -0.2) is 6.03 Å². The fourth-order valence-corrected chi connectivity index (χ4v) is 1.99. The first kappa shape index (κ1) is 14.7. The van der Waals surface area contributed by atoms with E-state index in [0.717, 1.165) is 11.1 Å². The highest BCUT2D eigenvalue weighted by molar-refractivity contribution is 6.31. The minimum Gasteiger partial charge on any atom is -0.334 e. The molecule has 5 heteroatoms. The smallest absolute Gasteiger partial charge is 0.315 e. The highest BCUT2D eigenvalue weighted by atomic mass is 35.5. The van der Waals surface area contributed by atoms with Gasteiger partial charge in [0.05, 0.1) is 0 Å². The Balaban J connectivity index is 1.78. The molecule has 0 unspecified atom stereocenters. The highest BCUT2D eigenvalue weighted by Crippen LogP contribution is 2.14. The lowest BCUT2D eigenvalue weighted by atomic mass is 10.2. The molecule has 0 aliphatic heterocycles. The summed E-state index contributed by atoms with van der Waals surface area (Å²) in [4.78, 5) is 11.7. The number of halogens is 2. The molecule has 0 aromatic heterocycles. The lowest BCUT2D eigenvalue weighted by Crippen LogP contribution is -2.34. The summed E-state index contributed by atoms with van der Waals surface area (Å²) in [5.41, 5.74) is 1.87. The maximum Gasteiger partial charge on any atom is 0.315 e. The molecule has 2 aromatic carbocycles. The van der Waals surface area contributed by atoms with Crippen LogP contribution in [0.25, 0.3) is 0 Å². The summed E-state index contributed by atoms with van der Waals surface area (Å²) in [5.74, 6) is 0. The first-order valence-corrected chi connectivity index (χ1v) is 6.90. The molecule has 104 valence electrons. The van der Waals surface area contributed by atoms with E-state index in [-0.39, 0.29) is 6.03 Å². The molecule has 0 saturated carbocycles. The van der Waals surface area contributed by atoms with E-state index in [4.69, 9.17) is 23.2 Å². The molecular weight excluding hydrogens is 295 g/mol. The van der Waals surface area contributed by atoms with Gasteiger partial charge in [-0.2, -0.15) is 0 Å². The van der Waals surface area contributed by atoms with Crippen molar-refractivity contribution in [2.45, 2.75) is 13.1 Å². The van der Waals surface area contributed by atoms with Crippen LogP contribution in [0.15, 0.2) is 48.5 Å². The van der Waals surface area contributed by atoms with Crippen LogP contribution < -0.4 is 10.6 Å². The normalized spacial score (nSPS) is 10.1. The number of hydrogen-bond acceptors (Lipinski definition) is 1. The largest absolute Gasteiger partial charge is 0.334 e. The number of hydrogen-bond donors (Lipinski definition) is 2. The van der Waals surface area contributed by atoms with Crippen molar-refractivity contribution in [2.75, 3.05) is 0 Å². The Morgan fingerprint density at radius 1 is 0.900 bits per heavy atom. The molecule has 2 amide bonds. The third kappa shape index (κ3) is 4.44. The van der Waals surface area contributed by atoms with E-state index >= 15 is 0 Å². The number of rotatable bonds is 4. The van der Waals surface area contributed by atoms with Crippen LogP contribution in [-0.2, 0) is 13.1 Å². The second-order valence-corrected chi connectivity index (χ2v) is 5.10. The Hall–Kier alpha value is -1.71. The van der Waals surface area contributed by atoms with E-state index in [1.807, 2.05) is 30.3 Å². The van der Waals surface area contributed by atoms with Crippen LogP contribution in [0.4, 0.5) is 4.79 Å². The summed E-state index contributed by atoms with van der Waals surface area (Å²) in [5, 5.41) is 6.85. The van der Waals surface area contributed by atoms with Crippen molar-refractivity contribution in [3.63, 3.8) is 0 Å². The molecule has 0 bridgehead atoms. The Labute approximate surface area is 127 Å². The molecule has 0 fully saturated rings. The van der Waals surface area contributed by atoms with Crippen molar-refractivity contribution >= 4 is 29.2 Å². The first-order chi connectivity index (χ1) is 9.65. The molecule has 2 N–H and O–H groups in total. The maximum absolute atomic E-state index is 11.7. The lowest BCUT2D eigenvalue weighted by molar-refractivity contribution is 0.240. The van der Waals surface area contributed by atoms with Crippen molar-refractivity contribution in [1.82, 2.24) is 10.6 Å². The third-order valence-corrected chi connectivity index (χ3v) is 3.38. The zero-order valence-electron chi connectivity index (χ0n) is 10.7. The van der Waals surface area contributed by atoms with Crippen LogP contribution in [0.2, 0.25) is 10.0 Å². The molecule has 3 nitrogen and oxygen atoms in total. The number of benzene rings is 2. The van der Waals surface area contributed by atoms with Crippen molar-refractivity contribution in [3.8, 4) is 0 Å². The Morgan fingerprint density at radius 3 is 2.25 bits per heavy atom. The number of nitrogens with one attached hydrogen (secondary N) is 2. The maximum atomic E-state index is 11.7. The lowest BCUT2D eigenvalue weighted by Gasteiger charge is -2.09. The molecule has 0 radical (unpaired) electrons. The van der Waals surface area contributed by atoms with E-state index in [0.29, 0.717) is 23.1 Å². The molecule has 0 heterocycles. The SMILES string of the molecule is O=C(NCc1ccc(Cl)cc1)NCc1ccccc1Cl. The molecule has 0 aliphatic rings. The fourth-order valence-electron chi connectivity index (χ4n) is 1.66. The first-order valence-electron chi connectivity index (χ1n) is 6.15. The van der Waals surface area contributed by atoms with Gasteiger partial charge in [0.15, 0.2) is 0 Å². The van der Waals surface area contributed by atoms with Crippen LogP contribution >= 0.6 is 23.2 Å². The summed E-state index contributed by atoms with van der Waals surface area (Å²) in [6.45, 7) is 0.845. The van der Waals surface area contributed by atoms with Crippen molar-refractivity contribution in [2.24, 2.45) is 0 Å². The molecular formula is C15H14Cl2N2O. The fraction of sp³-hybridized carbons (Fsp3) is 0.133. The average Bonchev–Trinajstić information content (AvgIpc) is 2.46. The number of amides is 2. The number of urea groups is 1. The number of carbonyl (C=O) groups is 1. The van der Waals surface area contributed by atoms with Gasteiger partial charge in [-0.25, -0.2) is 4.79 Å². The molecule has 2 aromatic rings. The van der Waals surface area contributed by atoms with Gasteiger partial charge in [-0.3, -0.25) is 0 Å². The van der Waals surface area contributed by atoms with E-state index in [2.05, 4.69) is 10.6 Å². The molecule has 0 atom stereocenters. The van der Waals surface area contributed by atoms with Gasteiger partial charge in [0.25, 0.3) is 0 Å². The van der Waals surface area contributed by atoms with Gasteiger partial charge in [-0.15, -0.1) is 0 Å². The van der Waals surface area contributed by atoms with E-state index in [9.17, 15) is 4.79 Å². The molecule has 0 spiro atoms. The molecule has 0 aliphatic carbocycles. The summed E-state index contributed by atoms with van der Waals surface area (Å²) in [6.07, 6.45) is 0. The van der Waals surface area contributed by atoms with Gasteiger partial charge < -0.3 is 10.6 Å².